The molecule has 0 bridgehead atoms. The smallest absolute Gasteiger partial charge is 0.284 e. The first kappa shape index (κ1) is 22.2. The van der Waals surface area contributed by atoms with Crippen molar-refractivity contribution < 1.29 is 14.5 Å². The Hall–Kier alpha value is -3.47. The molecule has 3 rings (SSSR count). The predicted molar refractivity (Wildman–Crippen MR) is 116 cm³/mol. The molecule has 3 aromatic rings. The van der Waals surface area contributed by atoms with E-state index < -0.39 is 10.8 Å². The molecule has 0 saturated carbocycles. The van der Waals surface area contributed by atoms with E-state index >= 15 is 0 Å². The zero-order valence-electron chi connectivity index (χ0n) is 17.7. The number of carbonyl (C=O) groups is 1. The number of carbonyl (C=O) groups excluding carboxylic acids is 1. The maximum atomic E-state index is 12.9. The molecule has 1 amide bonds. The SMILES string of the molecule is COc1ccc(C(C)(C)C)cc1NC(=O)c1ccc(Sc2nnnn2C)c([N+](=O)[O-])c1. The summed E-state index contributed by atoms with van der Waals surface area (Å²) in [5, 5.41) is 25.9. The first-order valence-corrected chi connectivity index (χ1v) is 10.1. The van der Waals surface area contributed by atoms with Crippen molar-refractivity contribution in [2.24, 2.45) is 7.05 Å². The first-order chi connectivity index (χ1) is 14.6. The van der Waals surface area contributed by atoms with Gasteiger partial charge in [-0.2, -0.15) is 0 Å². The van der Waals surface area contributed by atoms with Crippen molar-refractivity contribution in [3.05, 3.63) is 57.6 Å². The fraction of sp³-hybridized carbons (Fsp3) is 0.300. The lowest BCUT2D eigenvalue weighted by atomic mass is 9.87. The summed E-state index contributed by atoms with van der Waals surface area (Å²) >= 11 is 1.04. The second-order valence-electron chi connectivity index (χ2n) is 7.75. The monoisotopic (exact) mass is 442 g/mol. The van der Waals surface area contributed by atoms with E-state index in [-0.39, 0.29) is 16.7 Å². The number of aryl methyl sites for hydroxylation is 1. The molecule has 0 fully saturated rings. The number of amides is 1. The van der Waals surface area contributed by atoms with Gasteiger partial charge in [0.25, 0.3) is 11.6 Å². The molecule has 0 atom stereocenters. The van der Waals surface area contributed by atoms with E-state index in [4.69, 9.17) is 4.74 Å². The summed E-state index contributed by atoms with van der Waals surface area (Å²) < 4.78 is 6.76. The lowest BCUT2D eigenvalue weighted by Crippen LogP contribution is -2.15. The molecule has 0 aliphatic carbocycles. The Bertz CT molecular complexity index is 1140. The quantitative estimate of drug-likeness (QED) is 0.451. The number of rotatable bonds is 6. The molecule has 11 heteroatoms. The zero-order chi connectivity index (χ0) is 22.8. The highest BCUT2D eigenvalue weighted by atomic mass is 32.2. The second-order valence-corrected chi connectivity index (χ2v) is 8.76. The number of nitro groups is 1. The Labute approximate surface area is 183 Å². The molecule has 0 unspecified atom stereocenters. The maximum Gasteiger partial charge on any atom is 0.284 e. The number of aromatic nitrogens is 4. The topological polar surface area (TPSA) is 125 Å². The van der Waals surface area contributed by atoms with Gasteiger partial charge in [0.1, 0.15) is 5.75 Å². The fourth-order valence-electron chi connectivity index (χ4n) is 2.76. The van der Waals surface area contributed by atoms with Crippen molar-refractivity contribution in [1.29, 1.82) is 0 Å². The average molecular weight is 443 g/mol. The third-order valence-electron chi connectivity index (χ3n) is 4.51. The van der Waals surface area contributed by atoms with Crippen LogP contribution in [0.1, 0.15) is 36.7 Å². The number of nitro benzene ring substituents is 1. The van der Waals surface area contributed by atoms with Crippen molar-refractivity contribution >= 4 is 29.0 Å². The van der Waals surface area contributed by atoms with Crippen molar-refractivity contribution in [2.75, 3.05) is 12.4 Å². The first-order valence-electron chi connectivity index (χ1n) is 9.28. The lowest BCUT2D eigenvalue weighted by molar-refractivity contribution is -0.387. The van der Waals surface area contributed by atoms with E-state index in [0.29, 0.717) is 21.5 Å². The lowest BCUT2D eigenvalue weighted by Gasteiger charge is -2.21. The van der Waals surface area contributed by atoms with Gasteiger partial charge in [0.05, 0.1) is 22.6 Å². The van der Waals surface area contributed by atoms with Gasteiger partial charge in [0, 0.05) is 18.7 Å². The summed E-state index contributed by atoms with van der Waals surface area (Å²) in [6.07, 6.45) is 0. The molecule has 0 spiro atoms. The number of hydrogen-bond donors (Lipinski definition) is 1. The van der Waals surface area contributed by atoms with Gasteiger partial charge in [-0.3, -0.25) is 14.9 Å². The second kappa shape index (κ2) is 8.72. The van der Waals surface area contributed by atoms with Crippen molar-refractivity contribution in [3.63, 3.8) is 0 Å². The molecule has 2 aromatic carbocycles. The van der Waals surface area contributed by atoms with Gasteiger partial charge < -0.3 is 10.1 Å². The van der Waals surface area contributed by atoms with Gasteiger partial charge in [-0.1, -0.05) is 26.8 Å². The van der Waals surface area contributed by atoms with Gasteiger partial charge in [0.15, 0.2) is 0 Å². The molecule has 0 aliphatic heterocycles. The van der Waals surface area contributed by atoms with Crippen molar-refractivity contribution in [3.8, 4) is 5.75 Å². The highest BCUT2D eigenvalue weighted by Crippen LogP contribution is 2.35. The predicted octanol–water partition coefficient (Wildman–Crippen LogP) is 3.83. The Kier molecular flexibility index (Phi) is 6.25. The minimum atomic E-state index is -0.538. The summed E-state index contributed by atoms with van der Waals surface area (Å²) in [7, 11) is 3.15. The van der Waals surface area contributed by atoms with E-state index in [1.165, 1.54) is 30.0 Å². The van der Waals surface area contributed by atoms with Crippen molar-refractivity contribution in [1.82, 2.24) is 20.2 Å². The maximum absolute atomic E-state index is 12.9. The number of nitrogens with zero attached hydrogens (tertiary/aromatic N) is 5. The van der Waals surface area contributed by atoms with Crippen LogP contribution in [0.2, 0.25) is 0 Å². The molecule has 0 aliphatic rings. The van der Waals surface area contributed by atoms with Gasteiger partial charge in [-0.15, -0.1) is 5.10 Å². The molecular weight excluding hydrogens is 420 g/mol. The van der Waals surface area contributed by atoms with Crippen LogP contribution in [0.25, 0.3) is 0 Å². The van der Waals surface area contributed by atoms with E-state index in [1.54, 1.807) is 13.1 Å². The molecular formula is C20H22N6O4S. The zero-order valence-corrected chi connectivity index (χ0v) is 18.6. The van der Waals surface area contributed by atoms with Crippen LogP contribution in [0.4, 0.5) is 11.4 Å². The molecule has 31 heavy (non-hydrogen) atoms. The number of tetrazole rings is 1. The molecule has 162 valence electrons. The highest BCUT2D eigenvalue weighted by molar-refractivity contribution is 7.99. The minimum absolute atomic E-state index is 0.127. The van der Waals surface area contributed by atoms with E-state index in [0.717, 1.165) is 17.3 Å². The van der Waals surface area contributed by atoms with Gasteiger partial charge in [-0.25, -0.2) is 4.68 Å². The summed E-state index contributed by atoms with van der Waals surface area (Å²) in [5.74, 6) is 0.0159. The Morgan fingerprint density at radius 2 is 1.97 bits per heavy atom. The third-order valence-corrected chi connectivity index (χ3v) is 5.61. The summed E-state index contributed by atoms with van der Waals surface area (Å²) in [4.78, 5) is 24.3. The van der Waals surface area contributed by atoms with Gasteiger partial charge >= 0.3 is 0 Å². The summed E-state index contributed by atoms with van der Waals surface area (Å²) in [5.41, 5.74) is 1.31. The normalized spacial score (nSPS) is 11.3. The fourth-order valence-corrected chi connectivity index (χ4v) is 3.58. The number of benzene rings is 2. The molecule has 0 saturated heterocycles. The number of hydrogen-bond acceptors (Lipinski definition) is 8. The van der Waals surface area contributed by atoms with Crippen LogP contribution in [-0.4, -0.2) is 38.1 Å². The number of methoxy groups -OCH3 is 1. The third kappa shape index (κ3) is 5.00. The summed E-state index contributed by atoms with van der Waals surface area (Å²) in [6.45, 7) is 6.19. The number of anilines is 1. The van der Waals surface area contributed by atoms with Crippen LogP contribution in [0.15, 0.2) is 46.5 Å². The van der Waals surface area contributed by atoms with Crippen LogP contribution in [0.5, 0.6) is 5.75 Å². The van der Waals surface area contributed by atoms with E-state index in [1.807, 2.05) is 12.1 Å². The van der Waals surface area contributed by atoms with Crippen LogP contribution < -0.4 is 10.1 Å². The Morgan fingerprint density at radius 3 is 2.55 bits per heavy atom. The molecule has 1 heterocycles. The Morgan fingerprint density at radius 1 is 1.23 bits per heavy atom. The molecule has 1 aromatic heterocycles. The van der Waals surface area contributed by atoms with Gasteiger partial charge in [0.2, 0.25) is 5.16 Å². The molecule has 10 nitrogen and oxygen atoms in total. The van der Waals surface area contributed by atoms with Crippen LogP contribution in [0.3, 0.4) is 0 Å². The number of nitrogens with one attached hydrogen (secondary N) is 1. The summed E-state index contributed by atoms with van der Waals surface area (Å²) in [6, 6.07) is 9.84. The van der Waals surface area contributed by atoms with E-state index in [9.17, 15) is 14.9 Å². The molecule has 1 N–H and O–H groups in total. The van der Waals surface area contributed by atoms with E-state index in [2.05, 4.69) is 41.6 Å². The highest BCUT2D eigenvalue weighted by Gasteiger charge is 2.22. The standard InChI is InChI=1S/C20H22N6O4S/c1-20(2,3)13-7-8-16(30-5)14(11-13)21-18(27)12-6-9-17(15(10-12)26(28)29)31-19-22-23-24-25(19)4/h6-11H,1-5H3,(H,21,27). The van der Waals surface area contributed by atoms with Crippen LogP contribution >= 0.6 is 11.8 Å². The minimum Gasteiger partial charge on any atom is -0.495 e. The Balaban J connectivity index is 1.91. The van der Waals surface area contributed by atoms with Crippen molar-refractivity contribution in [2.45, 2.75) is 36.2 Å². The van der Waals surface area contributed by atoms with Crippen LogP contribution in [-0.2, 0) is 12.5 Å². The number of ether oxygens (including phenoxy) is 1. The van der Waals surface area contributed by atoms with Gasteiger partial charge in [-0.05, 0) is 57.4 Å². The van der Waals surface area contributed by atoms with Crippen LogP contribution in [0, 0.1) is 10.1 Å². The average Bonchev–Trinajstić information content (AvgIpc) is 3.11. The molecule has 0 radical (unpaired) electrons. The largest absolute Gasteiger partial charge is 0.495 e.